The fraction of sp³-hybridized carbons (Fsp3) is 0.300. The average molecular weight is 445 g/mol. The highest BCUT2D eigenvalue weighted by Crippen LogP contribution is 2.39. The molecule has 2 N–H and O–H groups in total. The van der Waals surface area contributed by atoms with E-state index in [0.717, 1.165) is 41.7 Å². The van der Waals surface area contributed by atoms with Crippen molar-refractivity contribution in [2.75, 3.05) is 24.2 Å². The first-order valence-corrected chi connectivity index (χ1v) is 10.3. The molecule has 0 aromatic carbocycles. The molecule has 0 bridgehead atoms. The van der Waals surface area contributed by atoms with Crippen molar-refractivity contribution in [3.63, 3.8) is 0 Å². The van der Waals surface area contributed by atoms with Gasteiger partial charge in [0.25, 0.3) is 0 Å². The molecule has 0 radical (unpaired) electrons. The molecule has 4 heterocycles. The molecule has 0 fully saturated rings. The Labute approximate surface area is 180 Å². The third kappa shape index (κ3) is 4.45. The molecule has 11 heteroatoms. The molecule has 0 unspecified atom stereocenters. The zero-order valence-electron chi connectivity index (χ0n) is 16.5. The molecule has 0 amide bonds. The fourth-order valence-electron chi connectivity index (χ4n) is 3.49. The summed E-state index contributed by atoms with van der Waals surface area (Å²) in [6.07, 6.45) is 0.410. The third-order valence-electron chi connectivity index (χ3n) is 4.96. The number of alkyl halides is 3. The van der Waals surface area contributed by atoms with Crippen LogP contribution in [0.5, 0.6) is 0 Å². The van der Waals surface area contributed by atoms with Crippen molar-refractivity contribution in [1.29, 1.82) is 5.26 Å². The van der Waals surface area contributed by atoms with Gasteiger partial charge in [0.2, 0.25) is 5.95 Å². The normalized spacial score (nSPS) is 14.0. The number of rotatable bonds is 5. The lowest BCUT2D eigenvalue weighted by Crippen LogP contribution is -2.29. The van der Waals surface area contributed by atoms with E-state index in [2.05, 4.69) is 36.6 Å². The maximum Gasteiger partial charge on any atom is 0.421 e. The highest BCUT2D eigenvalue weighted by molar-refractivity contribution is 7.16. The maximum absolute atomic E-state index is 13.1. The van der Waals surface area contributed by atoms with Crippen molar-refractivity contribution in [3.8, 4) is 6.07 Å². The van der Waals surface area contributed by atoms with E-state index in [4.69, 9.17) is 0 Å². The largest absolute Gasteiger partial charge is 0.421 e. The molecule has 3 aromatic heterocycles. The quantitative estimate of drug-likeness (QED) is 0.609. The van der Waals surface area contributed by atoms with Gasteiger partial charge in [0.1, 0.15) is 22.5 Å². The molecule has 3 aromatic rings. The highest BCUT2D eigenvalue weighted by Gasteiger charge is 2.35. The van der Waals surface area contributed by atoms with Crippen molar-refractivity contribution in [3.05, 3.63) is 57.9 Å². The number of anilines is 3. The molecule has 160 valence electrons. The number of halogens is 3. The first kappa shape index (κ1) is 21.0. The molecule has 0 aliphatic carbocycles. The lowest BCUT2D eigenvalue weighted by molar-refractivity contribution is -0.137. The summed E-state index contributed by atoms with van der Waals surface area (Å²) in [5.41, 5.74) is 1.68. The van der Waals surface area contributed by atoms with Crippen LogP contribution in [0.3, 0.4) is 0 Å². The van der Waals surface area contributed by atoms with Gasteiger partial charge in [-0.3, -0.25) is 9.88 Å². The number of nitriles is 1. The van der Waals surface area contributed by atoms with Crippen molar-refractivity contribution in [2.24, 2.45) is 0 Å². The minimum absolute atomic E-state index is 0.00101. The first-order chi connectivity index (χ1) is 14.9. The van der Waals surface area contributed by atoms with Crippen LogP contribution in [0.25, 0.3) is 0 Å². The van der Waals surface area contributed by atoms with Gasteiger partial charge in [-0.15, -0.1) is 11.3 Å². The Morgan fingerprint density at radius 1 is 1.29 bits per heavy atom. The second-order valence-electron chi connectivity index (χ2n) is 6.96. The van der Waals surface area contributed by atoms with Crippen LogP contribution in [-0.2, 0) is 25.7 Å². The Morgan fingerprint density at radius 2 is 2.06 bits per heavy atom. The van der Waals surface area contributed by atoms with Gasteiger partial charge in [-0.25, -0.2) is 4.98 Å². The number of fused-ring (bicyclic) bond motifs is 1. The summed E-state index contributed by atoms with van der Waals surface area (Å²) in [4.78, 5) is 15.1. The van der Waals surface area contributed by atoms with E-state index in [0.29, 0.717) is 17.1 Å². The second-order valence-corrected chi connectivity index (χ2v) is 8.07. The minimum Gasteiger partial charge on any atom is -0.372 e. The number of pyridine rings is 1. The van der Waals surface area contributed by atoms with Crippen LogP contribution in [0, 0.1) is 11.3 Å². The number of thiophene rings is 1. The molecule has 0 atom stereocenters. The van der Waals surface area contributed by atoms with Gasteiger partial charge in [-0.2, -0.15) is 23.4 Å². The van der Waals surface area contributed by atoms with E-state index < -0.39 is 11.7 Å². The molecule has 1 aliphatic rings. The summed E-state index contributed by atoms with van der Waals surface area (Å²) in [7, 11) is 1.36. The van der Waals surface area contributed by atoms with Crippen molar-refractivity contribution < 1.29 is 13.2 Å². The SMILES string of the molecule is CNc1nc(Nc2sc3c(c2C#N)CCN(Cc2ccncc2)C3)ncc1C(F)(F)F. The van der Waals surface area contributed by atoms with E-state index in [1.54, 1.807) is 12.4 Å². The zero-order valence-corrected chi connectivity index (χ0v) is 17.3. The third-order valence-corrected chi connectivity index (χ3v) is 6.09. The highest BCUT2D eigenvalue weighted by atomic mass is 32.1. The Morgan fingerprint density at radius 3 is 2.74 bits per heavy atom. The molecule has 0 spiro atoms. The Balaban J connectivity index is 1.57. The molecular weight excluding hydrogens is 427 g/mol. The average Bonchev–Trinajstić information content (AvgIpc) is 3.09. The summed E-state index contributed by atoms with van der Waals surface area (Å²) in [6, 6.07) is 6.17. The van der Waals surface area contributed by atoms with E-state index in [1.165, 1.54) is 18.4 Å². The van der Waals surface area contributed by atoms with E-state index in [1.807, 2.05) is 12.1 Å². The van der Waals surface area contributed by atoms with Gasteiger partial charge in [-0.1, -0.05) is 0 Å². The lowest BCUT2D eigenvalue weighted by atomic mass is 10.0. The number of nitrogens with one attached hydrogen (secondary N) is 2. The standard InChI is InChI=1S/C20H18F3N7S/c1-25-17-15(20(21,22)23)9-27-19(28-17)29-18-14(8-24)13-4-7-30(11-16(13)31-18)10-12-2-5-26-6-3-12/h2-3,5-6,9H,4,7,10-11H2,1H3,(H2,25,27,28,29). The van der Waals surface area contributed by atoms with Gasteiger partial charge in [0.05, 0.1) is 5.56 Å². The topological polar surface area (TPSA) is 89.8 Å². The predicted octanol–water partition coefficient (Wildman–Crippen LogP) is 4.17. The maximum atomic E-state index is 13.1. The molecule has 7 nitrogen and oxygen atoms in total. The molecule has 31 heavy (non-hydrogen) atoms. The number of hydrogen-bond donors (Lipinski definition) is 2. The van der Waals surface area contributed by atoms with Gasteiger partial charge in [-0.05, 0) is 29.7 Å². The zero-order chi connectivity index (χ0) is 22.0. The van der Waals surface area contributed by atoms with Crippen LogP contribution >= 0.6 is 11.3 Å². The Bertz CT molecular complexity index is 1120. The van der Waals surface area contributed by atoms with Crippen LogP contribution in [0.1, 0.15) is 27.1 Å². The second kappa shape index (κ2) is 8.49. The Kier molecular flexibility index (Phi) is 5.75. The van der Waals surface area contributed by atoms with Crippen LogP contribution in [0.15, 0.2) is 30.7 Å². The Hall–Kier alpha value is -3.23. The molecule has 4 rings (SSSR count). The summed E-state index contributed by atoms with van der Waals surface area (Å²) in [5.74, 6) is -0.325. The van der Waals surface area contributed by atoms with Crippen LogP contribution in [0.4, 0.5) is 29.9 Å². The van der Waals surface area contributed by atoms with Crippen LogP contribution in [-0.4, -0.2) is 33.4 Å². The molecule has 0 saturated heterocycles. The minimum atomic E-state index is -4.56. The van der Waals surface area contributed by atoms with Gasteiger partial charge >= 0.3 is 6.18 Å². The molecule has 0 saturated carbocycles. The fourth-order valence-corrected chi connectivity index (χ4v) is 4.72. The number of nitrogens with zero attached hydrogens (tertiary/aromatic N) is 5. The first-order valence-electron chi connectivity index (χ1n) is 9.44. The van der Waals surface area contributed by atoms with Crippen molar-refractivity contribution in [2.45, 2.75) is 25.7 Å². The summed E-state index contributed by atoms with van der Waals surface area (Å²) in [5, 5.41) is 15.6. The van der Waals surface area contributed by atoms with Crippen molar-refractivity contribution >= 4 is 28.1 Å². The van der Waals surface area contributed by atoms with E-state index >= 15 is 0 Å². The number of hydrogen-bond acceptors (Lipinski definition) is 8. The smallest absolute Gasteiger partial charge is 0.372 e. The molecule has 1 aliphatic heterocycles. The van der Waals surface area contributed by atoms with E-state index in [-0.39, 0.29) is 11.8 Å². The summed E-state index contributed by atoms with van der Waals surface area (Å²) >= 11 is 1.41. The van der Waals surface area contributed by atoms with Crippen LogP contribution in [0.2, 0.25) is 0 Å². The van der Waals surface area contributed by atoms with Gasteiger partial charge in [0.15, 0.2) is 0 Å². The van der Waals surface area contributed by atoms with Gasteiger partial charge < -0.3 is 10.6 Å². The van der Waals surface area contributed by atoms with E-state index in [9.17, 15) is 18.4 Å². The predicted molar refractivity (Wildman–Crippen MR) is 111 cm³/mol. The molecular formula is C20H18F3N7S. The summed E-state index contributed by atoms with van der Waals surface area (Å²) in [6.45, 7) is 2.27. The number of aromatic nitrogens is 3. The summed E-state index contributed by atoms with van der Waals surface area (Å²) < 4.78 is 39.2. The lowest BCUT2D eigenvalue weighted by Gasteiger charge is -2.26. The van der Waals surface area contributed by atoms with Crippen molar-refractivity contribution in [1.82, 2.24) is 19.9 Å². The van der Waals surface area contributed by atoms with Gasteiger partial charge in [0, 0.05) is 50.1 Å². The van der Waals surface area contributed by atoms with Crippen LogP contribution < -0.4 is 10.6 Å². The monoisotopic (exact) mass is 445 g/mol.